The minimum Gasteiger partial charge on any atom is -0.391 e. The van der Waals surface area contributed by atoms with Crippen molar-refractivity contribution in [2.75, 3.05) is 20.1 Å². The topological polar surface area (TPSA) is 35.5 Å². The summed E-state index contributed by atoms with van der Waals surface area (Å²) in [6, 6.07) is 0.251. The van der Waals surface area contributed by atoms with E-state index in [4.69, 9.17) is 0 Å². The van der Waals surface area contributed by atoms with Crippen molar-refractivity contribution in [3.05, 3.63) is 13.8 Å². The van der Waals surface area contributed by atoms with E-state index < -0.39 is 0 Å². The molecule has 1 aliphatic rings. The minimum absolute atomic E-state index is 0. The van der Waals surface area contributed by atoms with E-state index in [9.17, 15) is 5.11 Å². The molecular formula is C9H18N2OU. The molecule has 0 aromatic heterocycles. The van der Waals surface area contributed by atoms with Crippen molar-refractivity contribution in [1.29, 1.82) is 0 Å². The van der Waals surface area contributed by atoms with Gasteiger partial charge in [-0.25, -0.2) is 6.04 Å². The molecule has 0 radical (unpaired) electrons. The van der Waals surface area contributed by atoms with Gasteiger partial charge < -0.3 is 29.2 Å². The molecule has 0 aromatic rings. The Balaban J connectivity index is 0.00000144. The Hall–Kier alpha value is 0.932. The molecule has 2 unspecified atom stereocenters. The van der Waals surface area contributed by atoms with Crippen LogP contribution in [-0.2, 0) is 0 Å². The van der Waals surface area contributed by atoms with Gasteiger partial charge >= 0.3 is 31.1 Å². The Kier molecular flexibility index (Phi) is 6.88. The van der Waals surface area contributed by atoms with Crippen LogP contribution >= 0.6 is 0 Å². The van der Waals surface area contributed by atoms with Crippen molar-refractivity contribution in [1.82, 2.24) is 10.2 Å². The second kappa shape index (κ2) is 6.42. The molecule has 74 valence electrons. The predicted molar refractivity (Wildman–Crippen MR) is 49.5 cm³/mol. The fourth-order valence-corrected chi connectivity index (χ4v) is 1.40. The Morgan fingerprint density at radius 3 is 2.62 bits per heavy atom. The Morgan fingerprint density at radius 1 is 1.62 bits per heavy atom. The molecule has 2 N–H and O–H groups in total. The largest absolute Gasteiger partial charge is 2.00 e. The summed E-state index contributed by atoms with van der Waals surface area (Å²) in [6.45, 7) is 9.36. The van der Waals surface area contributed by atoms with Gasteiger partial charge in [-0.2, -0.15) is 0 Å². The summed E-state index contributed by atoms with van der Waals surface area (Å²) in [6.07, 6.45) is 0.656. The average molecular weight is 408 g/mol. The van der Waals surface area contributed by atoms with E-state index in [1.54, 1.807) is 0 Å². The van der Waals surface area contributed by atoms with Crippen molar-refractivity contribution >= 4 is 0 Å². The zero-order valence-electron chi connectivity index (χ0n) is 8.16. The molecule has 4 heteroatoms. The summed E-state index contributed by atoms with van der Waals surface area (Å²) in [5.41, 5.74) is 0. The molecule has 1 heterocycles. The Morgan fingerprint density at radius 2 is 2.23 bits per heavy atom. The van der Waals surface area contributed by atoms with Crippen LogP contribution in [0.25, 0.3) is 0 Å². The first-order valence-corrected chi connectivity index (χ1v) is 4.39. The summed E-state index contributed by atoms with van der Waals surface area (Å²) >= 11 is 0. The van der Waals surface area contributed by atoms with Gasteiger partial charge in [-0.3, -0.25) is 0 Å². The normalized spacial score (nSPS) is 28.2. The van der Waals surface area contributed by atoms with Gasteiger partial charge in [0.15, 0.2) is 0 Å². The third-order valence-electron chi connectivity index (χ3n) is 2.42. The van der Waals surface area contributed by atoms with Gasteiger partial charge in [-0.05, 0) is 20.0 Å². The van der Waals surface area contributed by atoms with E-state index in [0.717, 1.165) is 19.5 Å². The van der Waals surface area contributed by atoms with Crippen molar-refractivity contribution in [3.8, 4) is 0 Å². The quantitative estimate of drug-likeness (QED) is 0.629. The molecule has 1 saturated heterocycles. The molecule has 3 nitrogen and oxygen atoms in total. The predicted octanol–water partition coefficient (Wildman–Crippen LogP) is -0.322. The molecule has 0 saturated carbocycles. The number of hydrogen-bond donors (Lipinski definition) is 2. The molecular weight excluding hydrogens is 390 g/mol. The van der Waals surface area contributed by atoms with Crippen molar-refractivity contribution in [2.45, 2.75) is 24.6 Å². The van der Waals surface area contributed by atoms with Gasteiger partial charge in [-0.15, -0.1) is 0 Å². The molecule has 0 aromatic carbocycles. The van der Waals surface area contributed by atoms with Gasteiger partial charge in [0, 0.05) is 12.6 Å². The first-order valence-electron chi connectivity index (χ1n) is 4.39. The first kappa shape index (κ1) is 13.9. The fourth-order valence-electron chi connectivity index (χ4n) is 1.40. The van der Waals surface area contributed by atoms with Gasteiger partial charge in [0.2, 0.25) is 0 Å². The molecule has 0 bridgehead atoms. The van der Waals surface area contributed by atoms with E-state index in [0.29, 0.717) is 0 Å². The number of nitrogens with one attached hydrogen (secondary N) is 1. The fraction of sp³-hybridized carbons (Fsp3) is 0.778. The van der Waals surface area contributed by atoms with Crippen LogP contribution in [0, 0.1) is 45.0 Å². The summed E-state index contributed by atoms with van der Waals surface area (Å²) in [7, 11) is 1.97. The summed E-state index contributed by atoms with van der Waals surface area (Å²) in [5, 5.41) is 12.7. The number of nitrogens with zero attached hydrogens (tertiary/aromatic N) is 1. The molecule has 0 aliphatic carbocycles. The molecule has 0 amide bonds. The molecule has 1 rings (SSSR count). The number of hydrogen-bond acceptors (Lipinski definition) is 3. The van der Waals surface area contributed by atoms with Crippen molar-refractivity contribution in [2.24, 2.45) is 0 Å². The zero-order chi connectivity index (χ0) is 9.14. The van der Waals surface area contributed by atoms with Crippen LogP contribution in [0.2, 0.25) is 0 Å². The maximum atomic E-state index is 9.49. The van der Waals surface area contributed by atoms with Crippen molar-refractivity contribution < 1.29 is 36.2 Å². The Bertz CT molecular complexity index is 144. The van der Waals surface area contributed by atoms with Crippen molar-refractivity contribution in [3.63, 3.8) is 0 Å². The van der Waals surface area contributed by atoms with Gasteiger partial charge in [-0.1, -0.05) is 0 Å². The standard InChI is InChI=1S/C9H18N2O.U/c1-7(2)11(3)6-8-9(12)4-5-10-8;/h7-10,12H,1-2,4-6H2,3H3;/q-2;+2. The molecule has 13 heavy (non-hydrogen) atoms. The van der Waals surface area contributed by atoms with E-state index in [1.807, 2.05) is 11.9 Å². The van der Waals surface area contributed by atoms with Gasteiger partial charge in [0.1, 0.15) is 0 Å². The summed E-state index contributed by atoms with van der Waals surface area (Å²) < 4.78 is 0. The van der Waals surface area contributed by atoms with Crippen LogP contribution in [-0.4, -0.2) is 48.3 Å². The molecule has 1 fully saturated rings. The first-order chi connectivity index (χ1) is 5.61. The number of likely N-dealkylation sites (N-methyl/N-ethyl adjacent to an activating group) is 1. The second-order valence-corrected chi connectivity index (χ2v) is 3.51. The van der Waals surface area contributed by atoms with Crippen LogP contribution in [0.3, 0.4) is 0 Å². The number of aliphatic hydroxyl groups is 1. The van der Waals surface area contributed by atoms with Crippen LogP contribution in [0.4, 0.5) is 0 Å². The minimum atomic E-state index is -0.203. The van der Waals surface area contributed by atoms with E-state index in [2.05, 4.69) is 19.2 Å². The van der Waals surface area contributed by atoms with Crippen LogP contribution in [0.1, 0.15) is 6.42 Å². The number of rotatable bonds is 3. The Labute approximate surface area is 105 Å². The maximum Gasteiger partial charge on any atom is 2.00 e. The number of aliphatic hydroxyl groups excluding tert-OH is 1. The summed E-state index contributed by atoms with van der Waals surface area (Å²) in [4.78, 5) is 2.03. The third kappa shape index (κ3) is 4.31. The maximum absolute atomic E-state index is 9.49. The molecule has 1 aliphatic heterocycles. The monoisotopic (exact) mass is 408 g/mol. The van der Waals surface area contributed by atoms with Gasteiger partial charge in [0.05, 0.1) is 6.10 Å². The zero-order valence-corrected chi connectivity index (χ0v) is 12.3. The van der Waals surface area contributed by atoms with E-state index in [-0.39, 0.29) is 49.3 Å². The van der Waals surface area contributed by atoms with Gasteiger partial charge in [0.25, 0.3) is 0 Å². The second-order valence-electron chi connectivity index (χ2n) is 3.51. The SMILES string of the molecule is [CH2-]C([CH2-])N(C)CC1NCCC1O.[U+2]. The van der Waals surface area contributed by atoms with Crippen LogP contribution in [0.5, 0.6) is 0 Å². The molecule has 0 spiro atoms. The van der Waals surface area contributed by atoms with E-state index in [1.165, 1.54) is 0 Å². The summed E-state index contributed by atoms with van der Waals surface area (Å²) in [5.74, 6) is 0. The smallest absolute Gasteiger partial charge is 0.391 e. The van der Waals surface area contributed by atoms with Crippen LogP contribution < -0.4 is 5.32 Å². The third-order valence-corrected chi connectivity index (χ3v) is 2.42. The van der Waals surface area contributed by atoms with Crippen LogP contribution in [0.15, 0.2) is 0 Å². The average Bonchev–Trinajstić information content (AvgIpc) is 2.36. The van der Waals surface area contributed by atoms with E-state index >= 15 is 0 Å². The molecule has 2 atom stereocenters.